The average molecular weight is 481 g/mol. The molecule has 0 bridgehead atoms. The second kappa shape index (κ2) is 9.93. The summed E-state index contributed by atoms with van der Waals surface area (Å²) in [7, 11) is 0. The number of rotatable bonds is 6. The number of benzene rings is 2. The van der Waals surface area contributed by atoms with E-state index in [4.69, 9.17) is 4.74 Å². The third-order valence-corrected chi connectivity index (χ3v) is 6.60. The molecule has 1 fully saturated rings. The van der Waals surface area contributed by atoms with Gasteiger partial charge in [0, 0.05) is 57.0 Å². The standard InChI is InChI=1S/C26H32N4O5/c1-26(2,3)19-6-11-23-22(17-19)29(25(32)18-35-23)12-4-5-24(31)28-15-13-27(14-16-28)20-7-9-21(10-8-20)30(33)34/h6-11,17H,4-5,12-16,18H2,1-3H3. The van der Waals surface area contributed by atoms with Crippen molar-refractivity contribution in [3.63, 3.8) is 0 Å². The summed E-state index contributed by atoms with van der Waals surface area (Å²) in [4.78, 5) is 41.6. The lowest BCUT2D eigenvalue weighted by molar-refractivity contribution is -0.384. The van der Waals surface area contributed by atoms with Crippen LogP contribution >= 0.6 is 0 Å². The van der Waals surface area contributed by atoms with E-state index in [1.807, 2.05) is 23.1 Å². The van der Waals surface area contributed by atoms with Gasteiger partial charge in [-0.15, -0.1) is 0 Å². The van der Waals surface area contributed by atoms with Gasteiger partial charge in [0.2, 0.25) is 5.91 Å². The maximum atomic E-state index is 12.8. The normalized spacial score (nSPS) is 16.1. The van der Waals surface area contributed by atoms with Gasteiger partial charge in [-0.3, -0.25) is 19.7 Å². The molecule has 2 aliphatic rings. The first-order valence-corrected chi connectivity index (χ1v) is 12.0. The van der Waals surface area contributed by atoms with Crippen molar-refractivity contribution < 1.29 is 19.2 Å². The fourth-order valence-electron chi connectivity index (χ4n) is 4.46. The van der Waals surface area contributed by atoms with Crippen LogP contribution in [0, 0.1) is 10.1 Å². The molecule has 2 amide bonds. The number of nitrogens with zero attached hydrogens (tertiary/aromatic N) is 4. The van der Waals surface area contributed by atoms with Gasteiger partial charge in [0.25, 0.3) is 11.6 Å². The maximum absolute atomic E-state index is 12.8. The number of amides is 2. The molecule has 0 aromatic heterocycles. The zero-order valence-electron chi connectivity index (χ0n) is 20.5. The first-order chi connectivity index (χ1) is 16.6. The van der Waals surface area contributed by atoms with E-state index in [0.29, 0.717) is 51.3 Å². The largest absolute Gasteiger partial charge is 0.482 e. The van der Waals surface area contributed by atoms with Crippen molar-refractivity contribution in [1.82, 2.24) is 4.90 Å². The van der Waals surface area contributed by atoms with E-state index in [-0.39, 0.29) is 29.5 Å². The number of ether oxygens (including phenoxy) is 1. The van der Waals surface area contributed by atoms with Crippen molar-refractivity contribution in [3.05, 3.63) is 58.1 Å². The smallest absolute Gasteiger partial charge is 0.269 e. The molecule has 2 aromatic rings. The molecule has 2 aromatic carbocycles. The topological polar surface area (TPSA) is 96.2 Å². The Morgan fingerprint density at radius 2 is 1.74 bits per heavy atom. The number of fused-ring (bicyclic) bond motifs is 1. The highest BCUT2D eigenvalue weighted by atomic mass is 16.6. The highest BCUT2D eigenvalue weighted by molar-refractivity contribution is 5.98. The molecule has 0 unspecified atom stereocenters. The minimum atomic E-state index is -0.410. The zero-order chi connectivity index (χ0) is 25.2. The van der Waals surface area contributed by atoms with Crippen LogP contribution in [0.5, 0.6) is 5.75 Å². The van der Waals surface area contributed by atoms with E-state index in [1.165, 1.54) is 12.1 Å². The zero-order valence-corrected chi connectivity index (χ0v) is 20.5. The number of non-ortho nitro benzene ring substituents is 1. The van der Waals surface area contributed by atoms with Crippen LogP contribution in [0.15, 0.2) is 42.5 Å². The van der Waals surface area contributed by atoms with Gasteiger partial charge in [-0.2, -0.15) is 0 Å². The minimum Gasteiger partial charge on any atom is -0.482 e. The van der Waals surface area contributed by atoms with Crippen LogP contribution in [0.4, 0.5) is 17.1 Å². The van der Waals surface area contributed by atoms with Gasteiger partial charge in [-0.25, -0.2) is 0 Å². The summed E-state index contributed by atoms with van der Waals surface area (Å²) in [5.41, 5.74) is 2.84. The minimum absolute atomic E-state index is 0.0143. The van der Waals surface area contributed by atoms with Gasteiger partial charge < -0.3 is 19.4 Å². The van der Waals surface area contributed by atoms with Crippen LogP contribution in [0.3, 0.4) is 0 Å². The lowest BCUT2D eigenvalue weighted by Gasteiger charge is -2.36. The van der Waals surface area contributed by atoms with Crippen molar-refractivity contribution in [3.8, 4) is 5.75 Å². The molecule has 1 saturated heterocycles. The van der Waals surface area contributed by atoms with E-state index >= 15 is 0 Å². The quantitative estimate of drug-likeness (QED) is 0.462. The summed E-state index contributed by atoms with van der Waals surface area (Å²) in [6, 6.07) is 12.5. The summed E-state index contributed by atoms with van der Waals surface area (Å²) in [5.74, 6) is 0.691. The van der Waals surface area contributed by atoms with Gasteiger partial charge >= 0.3 is 0 Å². The molecular weight excluding hydrogens is 448 g/mol. The molecule has 35 heavy (non-hydrogen) atoms. The predicted molar refractivity (Wildman–Crippen MR) is 134 cm³/mol. The Kier molecular flexibility index (Phi) is 6.95. The lowest BCUT2D eigenvalue weighted by atomic mass is 9.86. The summed E-state index contributed by atoms with van der Waals surface area (Å²) in [6.07, 6.45) is 0.947. The lowest BCUT2D eigenvalue weighted by Crippen LogP contribution is -2.49. The van der Waals surface area contributed by atoms with E-state index in [9.17, 15) is 19.7 Å². The van der Waals surface area contributed by atoms with Crippen LogP contribution in [-0.2, 0) is 15.0 Å². The number of anilines is 2. The summed E-state index contributed by atoms with van der Waals surface area (Å²) < 4.78 is 5.62. The highest BCUT2D eigenvalue weighted by Crippen LogP contribution is 2.36. The number of hydrogen-bond donors (Lipinski definition) is 0. The molecule has 0 spiro atoms. The molecule has 2 aliphatic heterocycles. The molecule has 0 radical (unpaired) electrons. The molecule has 0 aliphatic carbocycles. The summed E-state index contributed by atoms with van der Waals surface area (Å²) >= 11 is 0. The monoisotopic (exact) mass is 480 g/mol. The third kappa shape index (κ3) is 5.55. The van der Waals surface area contributed by atoms with Crippen molar-refractivity contribution in [2.45, 2.75) is 39.0 Å². The second-order valence-corrected chi connectivity index (χ2v) is 10.0. The summed E-state index contributed by atoms with van der Waals surface area (Å²) in [5, 5.41) is 10.8. The van der Waals surface area contributed by atoms with E-state index in [0.717, 1.165) is 16.9 Å². The van der Waals surface area contributed by atoms with Gasteiger partial charge in [0.1, 0.15) is 5.75 Å². The molecule has 2 heterocycles. The molecule has 9 nitrogen and oxygen atoms in total. The number of carbonyl (C=O) groups is 2. The molecule has 186 valence electrons. The number of nitro groups is 1. The van der Waals surface area contributed by atoms with Crippen LogP contribution in [0.25, 0.3) is 0 Å². The molecule has 9 heteroatoms. The Balaban J connectivity index is 1.30. The number of hydrogen-bond acceptors (Lipinski definition) is 6. The van der Waals surface area contributed by atoms with Crippen molar-refractivity contribution in [2.24, 2.45) is 0 Å². The Hall–Kier alpha value is -3.62. The number of carbonyl (C=O) groups excluding carboxylic acids is 2. The van der Waals surface area contributed by atoms with Crippen LogP contribution in [0.2, 0.25) is 0 Å². The van der Waals surface area contributed by atoms with E-state index < -0.39 is 4.92 Å². The van der Waals surface area contributed by atoms with Crippen molar-refractivity contribution in [2.75, 3.05) is 49.1 Å². The van der Waals surface area contributed by atoms with E-state index in [2.05, 4.69) is 25.7 Å². The van der Waals surface area contributed by atoms with Gasteiger partial charge in [0.15, 0.2) is 6.61 Å². The van der Waals surface area contributed by atoms with Gasteiger partial charge in [-0.1, -0.05) is 26.8 Å². The SMILES string of the molecule is CC(C)(C)c1ccc2c(c1)N(CCCC(=O)N1CCN(c3ccc([N+](=O)[O-])cc3)CC1)C(=O)CO2. The van der Waals surface area contributed by atoms with Gasteiger partial charge in [0.05, 0.1) is 10.6 Å². The molecule has 0 atom stereocenters. The first kappa shape index (κ1) is 24.5. The maximum Gasteiger partial charge on any atom is 0.269 e. The fourth-order valence-corrected chi connectivity index (χ4v) is 4.46. The van der Waals surface area contributed by atoms with Gasteiger partial charge in [-0.05, 0) is 41.7 Å². The third-order valence-electron chi connectivity index (χ3n) is 6.60. The molecule has 4 rings (SSSR count). The van der Waals surface area contributed by atoms with E-state index in [1.54, 1.807) is 17.0 Å². The Bertz CT molecular complexity index is 1100. The van der Waals surface area contributed by atoms with Crippen molar-refractivity contribution >= 4 is 28.9 Å². The Morgan fingerprint density at radius 3 is 2.37 bits per heavy atom. The molecule has 0 N–H and O–H groups in total. The number of piperazine rings is 1. The van der Waals surface area contributed by atoms with Crippen molar-refractivity contribution in [1.29, 1.82) is 0 Å². The fraction of sp³-hybridized carbons (Fsp3) is 0.462. The van der Waals surface area contributed by atoms with Crippen LogP contribution in [-0.4, -0.2) is 61.0 Å². The van der Waals surface area contributed by atoms with Crippen LogP contribution in [0.1, 0.15) is 39.2 Å². The molecular formula is C26H32N4O5. The average Bonchev–Trinajstić information content (AvgIpc) is 2.84. The Labute approximate surface area is 205 Å². The summed E-state index contributed by atoms with van der Waals surface area (Å²) in [6.45, 7) is 9.43. The van der Waals surface area contributed by atoms with Crippen LogP contribution < -0.4 is 14.5 Å². The highest BCUT2D eigenvalue weighted by Gasteiger charge is 2.28. The predicted octanol–water partition coefficient (Wildman–Crippen LogP) is 3.75. The number of nitro benzene ring substituents is 1. The Morgan fingerprint density at radius 1 is 1.06 bits per heavy atom. The first-order valence-electron chi connectivity index (χ1n) is 12.0. The molecule has 0 saturated carbocycles. The second-order valence-electron chi connectivity index (χ2n) is 10.0.